The molecule has 15 heavy (non-hydrogen) atoms. The van der Waals surface area contributed by atoms with Gasteiger partial charge in [-0.1, -0.05) is 5.57 Å². The van der Waals surface area contributed by atoms with Gasteiger partial charge in [-0.05, 0) is 25.8 Å². The molecule has 0 bridgehead atoms. The second-order valence-corrected chi connectivity index (χ2v) is 4.55. The number of nitrogens with two attached hydrogens (primary N) is 1. The fourth-order valence-corrected chi connectivity index (χ4v) is 2.27. The van der Waals surface area contributed by atoms with Crippen molar-refractivity contribution >= 4 is 11.3 Å². The number of hydrazine groups is 1. The summed E-state index contributed by atoms with van der Waals surface area (Å²) in [4.78, 5) is 1.20. The molecule has 0 amide bonds. The van der Waals surface area contributed by atoms with Gasteiger partial charge in [0, 0.05) is 10.3 Å². The van der Waals surface area contributed by atoms with Crippen molar-refractivity contribution in [2.24, 2.45) is 5.84 Å². The molecule has 3 nitrogen and oxygen atoms in total. The van der Waals surface area contributed by atoms with Gasteiger partial charge in [-0.2, -0.15) is 0 Å². The van der Waals surface area contributed by atoms with Crippen molar-refractivity contribution in [3.63, 3.8) is 0 Å². The zero-order valence-corrected chi connectivity index (χ0v) is 10.1. The highest BCUT2D eigenvalue weighted by Gasteiger charge is 2.12. The molecular weight excluding hydrogens is 208 g/mol. The summed E-state index contributed by atoms with van der Waals surface area (Å²) >= 11 is 1.66. The maximum Gasteiger partial charge on any atom is 0.129 e. The standard InChI is InChI=1S/C11H18N2OS/c1-8(2)4-5-10(13-12)11-6-9(14-3)7-15-11/h6-7,10,13H,1,4-5,12H2,2-3H3. The van der Waals surface area contributed by atoms with Crippen molar-refractivity contribution in [1.29, 1.82) is 0 Å². The maximum atomic E-state index is 5.53. The number of thiophene rings is 1. The average molecular weight is 226 g/mol. The first-order valence-corrected chi connectivity index (χ1v) is 5.78. The molecule has 4 heteroatoms. The van der Waals surface area contributed by atoms with E-state index < -0.39 is 0 Å². The molecule has 1 heterocycles. The third-order valence-electron chi connectivity index (χ3n) is 2.24. The van der Waals surface area contributed by atoms with E-state index in [1.54, 1.807) is 18.4 Å². The van der Waals surface area contributed by atoms with Gasteiger partial charge in [0.2, 0.25) is 0 Å². The van der Waals surface area contributed by atoms with Crippen molar-refractivity contribution in [3.8, 4) is 5.75 Å². The third-order valence-corrected chi connectivity index (χ3v) is 3.26. The number of hydrogen-bond donors (Lipinski definition) is 2. The fourth-order valence-electron chi connectivity index (χ4n) is 1.32. The van der Waals surface area contributed by atoms with Gasteiger partial charge in [0.1, 0.15) is 5.75 Å². The molecule has 0 aliphatic heterocycles. The van der Waals surface area contributed by atoms with Crippen LogP contribution in [0.4, 0.5) is 0 Å². The van der Waals surface area contributed by atoms with Gasteiger partial charge in [-0.15, -0.1) is 17.9 Å². The average Bonchev–Trinajstić information content (AvgIpc) is 2.67. The summed E-state index contributed by atoms with van der Waals surface area (Å²) in [6.07, 6.45) is 1.95. The molecule has 0 aromatic carbocycles. The van der Waals surface area contributed by atoms with Gasteiger partial charge >= 0.3 is 0 Å². The Bertz CT molecular complexity index is 322. The van der Waals surface area contributed by atoms with Crippen molar-refractivity contribution < 1.29 is 4.74 Å². The fraction of sp³-hybridized carbons (Fsp3) is 0.455. The summed E-state index contributed by atoms with van der Waals surface area (Å²) < 4.78 is 5.14. The van der Waals surface area contributed by atoms with Gasteiger partial charge in [0.25, 0.3) is 0 Å². The topological polar surface area (TPSA) is 47.3 Å². The van der Waals surface area contributed by atoms with E-state index in [9.17, 15) is 0 Å². The maximum absolute atomic E-state index is 5.53. The molecule has 0 saturated heterocycles. The number of methoxy groups -OCH3 is 1. The van der Waals surface area contributed by atoms with Crippen molar-refractivity contribution in [2.75, 3.05) is 7.11 Å². The van der Waals surface area contributed by atoms with E-state index in [0.29, 0.717) is 0 Å². The number of allylic oxidation sites excluding steroid dienone is 1. The Morgan fingerprint density at radius 3 is 2.93 bits per heavy atom. The van der Waals surface area contributed by atoms with Gasteiger partial charge < -0.3 is 4.74 Å². The van der Waals surface area contributed by atoms with Gasteiger partial charge in [0.05, 0.1) is 13.2 Å². The Morgan fingerprint density at radius 2 is 2.47 bits per heavy atom. The molecule has 0 spiro atoms. The Morgan fingerprint density at radius 1 is 1.73 bits per heavy atom. The minimum atomic E-state index is 0.190. The van der Waals surface area contributed by atoms with Crippen LogP contribution in [0.25, 0.3) is 0 Å². The molecule has 0 saturated carbocycles. The van der Waals surface area contributed by atoms with Gasteiger partial charge in [-0.3, -0.25) is 11.3 Å². The molecule has 0 radical (unpaired) electrons. The molecule has 1 atom stereocenters. The first-order valence-electron chi connectivity index (χ1n) is 4.90. The largest absolute Gasteiger partial charge is 0.496 e. The Hall–Kier alpha value is -0.840. The SMILES string of the molecule is C=C(C)CCC(NN)c1cc(OC)cs1. The van der Waals surface area contributed by atoms with Crippen LogP contribution in [-0.4, -0.2) is 7.11 Å². The number of ether oxygens (including phenoxy) is 1. The summed E-state index contributed by atoms with van der Waals surface area (Å²) in [7, 11) is 1.67. The van der Waals surface area contributed by atoms with E-state index in [-0.39, 0.29) is 6.04 Å². The summed E-state index contributed by atoms with van der Waals surface area (Å²) in [5.74, 6) is 6.42. The quantitative estimate of drug-likeness (QED) is 0.445. The predicted octanol–water partition coefficient (Wildman–Crippen LogP) is 2.62. The second-order valence-electron chi connectivity index (χ2n) is 3.60. The normalized spacial score (nSPS) is 12.5. The van der Waals surface area contributed by atoms with Crippen LogP contribution >= 0.6 is 11.3 Å². The zero-order chi connectivity index (χ0) is 11.3. The third kappa shape index (κ3) is 3.66. The van der Waals surface area contributed by atoms with Crippen molar-refractivity contribution in [2.45, 2.75) is 25.8 Å². The van der Waals surface area contributed by atoms with Crippen LogP contribution in [-0.2, 0) is 0 Å². The van der Waals surface area contributed by atoms with Crippen molar-refractivity contribution in [3.05, 3.63) is 28.5 Å². The minimum Gasteiger partial charge on any atom is -0.496 e. The van der Waals surface area contributed by atoms with E-state index in [0.717, 1.165) is 18.6 Å². The summed E-state index contributed by atoms with van der Waals surface area (Å²) in [5, 5.41) is 1.99. The van der Waals surface area contributed by atoms with Crippen LogP contribution in [0.5, 0.6) is 5.75 Å². The van der Waals surface area contributed by atoms with Crippen LogP contribution in [0.15, 0.2) is 23.6 Å². The lowest BCUT2D eigenvalue weighted by atomic mass is 10.1. The number of rotatable bonds is 6. The first-order chi connectivity index (χ1) is 7.17. The molecule has 0 aliphatic rings. The molecule has 1 aromatic heterocycles. The van der Waals surface area contributed by atoms with Gasteiger partial charge in [-0.25, -0.2) is 0 Å². The van der Waals surface area contributed by atoms with E-state index in [1.807, 2.05) is 18.4 Å². The van der Waals surface area contributed by atoms with Crippen LogP contribution in [0, 0.1) is 0 Å². The Balaban J connectivity index is 2.61. The van der Waals surface area contributed by atoms with E-state index in [2.05, 4.69) is 12.0 Å². The summed E-state index contributed by atoms with van der Waals surface area (Å²) in [6.45, 7) is 5.92. The van der Waals surface area contributed by atoms with Crippen LogP contribution in [0.2, 0.25) is 0 Å². The highest BCUT2D eigenvalue weighted by atomic mass is 32.1. The Kier molecular flexibility index (Phi) is 4.81. The highest BCUT2D eigenvalue weighted by Crippen LogP contribution is 2.29. The highest BCUT2D eigenvalue weighted by molar-refractivity contribution is 7.10. The van der Waals surface area contributed by atoms with Crippen LogP contribution in [0.1, 0.15) is 30.7 Å². The van der Waals surface area contributed by atoms with E-state index in [4.69, 9.17) is 10.6 Å². The predicted molar refractivity (Wildman–Crippen MR) is 65.0 cm³/mol. The Labute approximate surface area is 94.9 Å². The monoisotopic (exact) mass is 226 g/mol. The molecule has 1 unspecified atom stereocenters. The lowest BCUT2D eigenvalue weighted by Gasteiger charge is -2.13. The summed E-state index contributed by atoms with van der Waals surface area (Å²) in [6, 6.07) is 2.21. The molecule has 3 N–H and O–H groups in total. The lowest BCUT2D eigenvalue weighted by molar-refractivity contribution is 0.415. The lowest BCUT2D eigenvalue weighted by Crippen LogP contribution is -2.27. The summed E-state index contributed by atoms with van der Waals surface area (Å²) in [5.41, 5.74) is 4.00. The van der Waals surface area contributed by atoms with Crippen molar-refractivity contribution in [1.82, 2.24) is 5.43 Å². The smallest absolute Gasteiger partial charge is 0.129 e. The van der Waals surface area contributed by atoms with E-state index >= 15 is 0 Å². The zero-order valence-electron chi connectivity index (χ0n) is 9.25. The number of hydrogen-bond acceptors (Lipinski definition) is 4. The molecular formula is C11H18N2OS. The molecule has 84 valence electrons. The second kappa shape index (κ2) is 5.90. The molecule has 1 aromatic rings. The molecule has 0 fully saturated rings. The van der Waals surface area contributed by atoms with Gasteiger partial charge in [0.15, 0.2) is 0 Å². The molecule has 1 rings (SSSR count). The first kappa shape index (κ1) is 12.2. The minimum absolute atomic E-state index is 0.190. The number of nitrogens with one attached hydrogen (secondary N) is 1. The van der Waals surface area contributed by atoms with E-state index in [1.165, 1.54) is 10.5 Å². The van der Waals surface area contributed by atoms with Crippen LogP contribution < -0.4 is 16.0 Å². The molecule has 0 aliphatic carbocycles. The van der Waals surface area contributed by atoms with Crippen LogP contribution in [0.3, 0.4) is 0 Å².